The lowest BCUT2D eigenvalue weighted by molar-refractivity contribution is -0.157. The molecule has 0 saturated carbocycles. The van der Waals surface area contributed by atoms with Crippen LogP contribution < -0.4 is 0 Å². The second-order valence-corrected chi connectivity index (χ2v) is 21.9. The number of hydrogen-bond donors (Lipinski definition) is 0. The summed E-state index contributed by atoms with van der Waals surface area (Å²) in [5.41, 5.74) is 4.93. The van der Waals surface area contributed by atoms with E-state index >= 15 is 0 Å². The largest absolute Gasteiger partial charge is 0.326 e. The Labute approximate surface area is 443 Å². The summed E-state index contributed by atoms with van der Waals surface area (Å²) >= 11 is 25.5. The monoisotopic (exact) mass is 1030 g/mol. The van der Waals surface area contributed by atoms with E-state index in [0.717, 1.165) is 33.6 Å². The van der Waals surface area contributed by atoms with Gasteiger partial charge < -0.3 is 9.80 Å². The summed E-state index contributed by atoms with van der Waals surface area (Å²) in [4.78, 5) is 42.5. The molecule has 71 heavy (non-hydrogen) atoms. The van der Waals surface area contributed by atoms with Crippen molar-refractivity contribution >= 4 is 58.2 Å². The molecule has 0 aliphatic carbocycles. The van der Waals surface area contributed by atoms with Crippen molar-refractivity contribution in [2.75, 3.05) is 0 Å². The Morgan fingerprint density at radius 2 is 0.901 bits per heavy atom. The second-order valence-electron chi connectivity index (χ2n) is 20.1. The predicted molar refractivity (Wildman–Crippen MR) is 296 cm³/mol. The molecule has 372 valence electrons. The molecule has 2 saturated heterocycles. The minimum absolute atomic E-state index is 0. The van der Waals surface area contributed by atoms with E-state index in [1.165, 1.54) is 0 Å². The molecule has 8 rings (SSSR count). The average Bonchev–Trinajstić information content (AvgIpc) is 3.33. The molecule has 2 amide bonds. The molecular formula is C61H68Cl4N4O2. The third-order valence-electron chi connectivity index (χ3n) is 14.2. The van der Waals surface area contributed by atoms with Gasteiger partial charge in [0.1, 0.15) is 0 Å². The number of likely N-dealkylation sites (tertiary alicyclic amines) is 2. The van der Waals surface area contributed by atoms with E-state index in [-0.39, 0.29) is 67.1 Å². The first-order valence-electron chi connectivity index (χ1n) is 24.2. The van der Waals surface area contributed by atoms with Gasteiger partial charge >= 0.3 is 0 Å². The number of amides is 2. The Hall–Kier alpha value is -5.24. The van der Waals surface area contributed by atoms with Crippen LogP contribution in [0.3, 0.4) is 0 Å². The van der Waals surface area contributed by atoms with Crippen LogP contribution in [0.2, 0.25) is 20.1 Å². The smallest absolute Gasteiger partial charge is 0.229 e. The van der Waals surface area contributed by atoms with Gasteiger partial charge in [0, 0.05) is 44.3 Å². The van der Waals surface area contributed by atoms with Gasteiger partial charge in [0.05, 0.1) is 46.4 Å². The van der Waals surface area contributed by atoms with Gasteiger partial charge in [-0.1, -0.05) is 168 Å². The van der Waals surface area contributed by atoms with Gasteiger partial charge in [-0.2, -0.15) is 0 Å². The van der Waals surface area contributed by atoms with Gasteiger partial charge in [0.25, 0.3) is 0 Å². The van der Waals surface area contributed by atoms with Crippen LogP contribution in [0.15, 0.2) is 171 Å². The summed E-state index contributed by atoms with van der Waals surface area (Å²) in [6, 6.07) is 42.8. The highest BCUT2D eigenvalue weighted by atomic mass is 35.5. The highest BCUT2D eigenvalue weighted by molar-refractivity contribution is 6.31. The second kappa shape index (κ2) is 24.0. The van der Waals surface area contributed by atoms with E-state index in [0.29, 0.717) is 45.8 Å². The fraction of sp³-hybridized carbons (Fsp3) is 0.344. The SMILES string of the molecule is C.C=CC[C@@]1(C)C[C@H](c2cccc(Cl)c2)[C@@H](c2ccc(Cl)cc2)N([C@@H](c2ccccn2)C(C)C)C1=O.C=CC[C@@]1(C)C[C@H](c2cccc(Cl)c2)[C@@H](c2ccc(Cl)cc2)N([C@H](c2ccccn2)C(C)C)C1=O. The lowest BCUT2D eigenvalue weighted by Gasteiger charge is -2.52. The number of halogens is 4. The zero-order valence-electron chi connectivity index (χ0n) is 41.0. The van der Waals surface area contributed by atoms with E-state index in [1.807, 2.05) is 133 Å². The van der Waals surface area contributed by atoms with Crippen LogP contribution in [-0.4, -0.2) is 31.6 Å². The highest BCUT2D eigenvalue weighted by Gasteiger charge is 2.53. The summed E-state index contributed by atoms with van der Waals surface area (Å²) in [5, 5.41) is 2.72. The van der Waals surface area contributed by atoms with E-state index in [1.54, 1.807) is 12.4 Å². The fourth-order valence-corrected chi connectivity index (χ4v) is 11.8. The first-order valence-corrected chi connectivity index (χ1v) is 25.7. The maximum absolute atomic E-state index is 14.4. The average molecular weight is 1030 g/mol. The van der Waals surface area contributed by atoms with E-state index in [2.05, 4.69) is 76.6 Å². The number of pyridine rings is 2. The van der Waals surface area contributed by atoms with Crippen LogP contribution in [0.25, 0.3) is 0 Å². The summed E-state index contributed by atoms with van der Waals surface area (Å²) in [6.07, 6.45) is 9.89. The third-order valence-corrected chi connectivity index (χ3v) is 15.2. The normalized spacial score (nSPS) is 23.0. The van der Waals surface area contributed by atoms with Crippen molar-refractivity contribution in [3.8, 4) is 0 Å². The summed E-state index contributed by atoms with van der Waals surface area (Å²) in [6.45, 7) is 20.7. The summed E-state index contributed by atoms with van der Waals surface area (Å²) < 4.78 is 0. The van der Waals surface area contributed by atoms with Crippen molar-refractivity contribution in [2.45, 2.75) is 111 Å². The molecular weight excluding hydrogens is 963 g/mol. The number of aromatic nitrogens is 2. The molecule has 0 radical (unpaired) electrons. The maximum atomic E-state index is 14.4. The van der Waals surface area contributed by atoms with E-state index in [9.17, 15) is 9.59 Å². The molecule has 8 atom stereocenters. The van der Waals surface area contributed by atoms with Crippen LogP contribution in [-0.2, 0) is 9.59 Å². The molecule has 0 N–H and O–H groups in total. The Morgan fingerprint density at radius 1 is 0.535 bits per heavy atom. The van der Waals surface area contributed by atoms with Crippen molar-refractivity contribution in [1.82, 2.24) is 19.8 Å². The van der Waals surface area contributed by atoms with Crippen LogP contribution in [0.4, 0.5) is 0 Å². The van der Waals surface area contributed by atoms with Crippen LogP contribution in [0.1, 0.15) is 144 Å². The molecule has 2 aromatic heterocycles. The minimum Gasteiger partial charge on any atom is -0.326 e. The van der Waals surface area contributed by atoms with Gasteiger partial charge in [-0.3, -0.25) is 19.6 Å². The number of carbonyl (C=O) groups excluding carboxylic acids is 2. The molecule has 0 spiro atoms. The Bertz CT molecular complexity index is 2550. The van der Waals surface area contributed by atoms with Crippen molar-refractivity contribution in [3.63, 3.8) is 0 Å². The number of allylic oxidation sites excluding steroid dienone is 2. The molecule has 6 aromatic rings. The van der Waals surface area contributed by atoms with Crippen LogP contribution >= 0.6 is 46.4 Å². The van der Waals surface area contributed by atoms with Gasteiger partial charge in [-0.05, 0) is 133 Å². The lowest BCUT2D eigenvalue weighted by atomic mass is 9.66. The molecule has 2 aliphatic rings. The maximum Gasteiger partial charge on any atom is 0.229 e. The fourth-order valence-electron chi connectivity index (χ4n) is 11.1. The van der Waals surface area contributed by atoms with Crippen LogP contribution in [0.5, 0.6) is 0 Å². The first-order chi connectivity index (χ1) is 33.5. The zero-order chi connectivity index (χ0) is 50.3. The molecule has 0 unspecified atom stereocenters. The predicted octanol–water partition coefficient (Wildman–Crippen LogP) is 17.5. The minimum atomic E-state index is -0.598. The van der Waals surface area contributed by atoms with E-state index < -0.39 is 10.8 Å². The van der Waals surface area contributed by atoms with Gasteiger partial charge in [0.2, 0.25) is 11.8 Å². The van der Waals surface area contributed by atoms with Crippen LogP contribution in [0, 0.1) is 22.7 Å². The quantitative estimate of drug-likeness (QED) is 0.102. The lowest BCUT2D eigenvalue weighted by Crippen LogP contribution is -2.54. The number of piperidine rings is 2. The molecule has 10 heteroatoms. The molecule has 2 aliphatic heterocycles. The Morgan fingerprint density at radius 3 is 1.20 bits per heavy atom. The summed E-state index contributed by atoms with van der Waals surface area (Å²) in [7, 11) is 0. The highest BCUT2D eigenvalue weighted by Crippen LogP contribution is 2.56. The standard InChI is InChI=1S/2C30H32Cl2N2O.CH4/c2*1-5-16-30(4)19-25(22-9-8-10-24(32)18-22)28(21-12-14-23(31)15-13-21)34(29(30)35)27(20(2)3)26-11-6-7-17-33-26;/h2*5-15,17-18,20,25,27-28H,1,16,19H2,2-4H3;1H4/t25-,27+,28-,30+;25-,27-,28-,30+;/m11./s1. The van der Waals surface area contributed by atoms with Gasteiger partial charge in [0.15, 0.2) is 0 Å². The number of benzene rings is 4. The third kappa shape index (κ3) is 12.2. The van der Waals surface area contributed by atoms with Crippen molar-refractivity contribution in [2.24, 2.45) is 22.7 Å². The molecule has 4 aromatic carbocycles. The molecule has 0 bridgehead atoms. The van der Waals surface area contributed by atoms with Crippen molar-refractivity contribution < 1.29 is 9.59 Å². The zero-order valence-corrected chi connectivity index (χ0v) is 44.0. The topological polar surface area (TPSA) is 66.4 Å². The van der Waals surface area contributed by atoms with Crippen molar-refractivity contribution in [1.29, 1.82) is 0 Å². The number of rotatable bonds is 14. The summed E-state index contributed by atoms with van der Waals surface area (Å²) in [5.74, 6) is 0.606. The van der Waals surface area contributed by atoms with Gasteiger partial charge in [-0.25, -0.2) is 0 Å². The Balaban J connectivity index is 0.000000229. The number of hydrogen-bond acceptors (Lipinski definition) is 4. The van der Waals surface area contributed by atoms with E-state index in [4.69, 9.17) is 56.4 Å². The number of nitrogens with zero attached hydrogens (tertiary/aromatic N) is 4. The Kier molecular flexibility index (Phi) is 18.6. The number of carbonyl (C=O) groups is 2. The van der Waals surface area contributed by atoms with Crippen molar-refractivity contribution in [3.05, 3.63) is 225 Å². The van der Waals surface area contributed by atoms with Gasteiger partial charge in [-0.15, -0.1) is 13.2 Å². The molecule has 2 fully saturated rings. The molecule has 4 heterocycles. The molecule has 6 nitrogen and oxygen atoms in total. The first kappa shape index (κ1) is 55.1.